The van der Waals surface area contributed by atoms with Gasteiger partial charge in [-0.2, -0.15) is 0 Å². The first-order valence-corrected chi connectivity index (χ1v) is 6.06. The Kier molecular flexibility index (Phi) is 3.42. The van der Waals surface area contributed by atoms with Gasteiger partial charge in [0, 0.05) is 17.5 Å². The van der Waals surface area contributed by atoms with Crippen LogP contribution in [0.1, 0.15) is 15.4 Å². The minimum absolute atomic E-state index is 0.0572. The van der Waals surface area contributed by atoms with Crippen LogP contribution in [0.5, 0.6) is 0 Å². The van der Waals surface area contributed by atoms with Gasteiger partial charge in [0.2, 0.25) is 0 Å². The van der Waals surface area contributed by atoms with E-state index >= 15 is 0 Å². The molecule has 0 unspecified atom stereocenters. The van der Waals surface area contributed by atoms with Crippen molar-refractivity contribution < 1.29 is 14.8 Å². The van der Waals surface area contributed by atoms with Crippen LogP contribution in [0.4, 0.5) is 5.69 Å². The molecule has 6 nitrogen and oxygen atoms in total. The summed E-state index contributed by atoms with van der Waals surface area (Å²) in [6.45, 7) is 0.413. The summed E-state index contributed by atoms with van der Waals surface area (Å²) in [5.41, 5.74) is -0.253. The van der Waals surface area contributed by atoms with E-state index in [1.807, 2.05) is 17.5 Å². The van der Waals surface area contributed by atoms with Gasteiger partial charge >= 0.3 is 5.97 Å². The van der Waals surface area contributed by atoms with Crippen LogP contribution >= 0.6 is 11.3 Å². The van der Waals surface area contributed by atoms with Crippen molar-refractivity contribution in [1.29, 1.82) is 0 Å². The molecule has 0 saturated heterocycles. The van der Waals surface area contributed by atoms with Crippen molar-refractivity contribution >= 4 is 23.0 Å². The molecule has 18 heavy (non-hydrogen) atoms. The molecule has 0 aliphatic heterocycles. The van der Waals surface area contributed by atoms with E-state index in [0.717, 1.165) is 10.9 Å². The summed E-state index contributed by atoms with van der Waals surface area (Å²) < 4.78 is 1.40. The Bertz CT molecular complexity index is 574. The highest BCUT2D eigenvalue weighted by Crippen LogP contribution is 2.18. The third-order valence-electron chi connectivity index (χ3n) is 2.49. The van der Waals surface area contributed by atoms with Gasteiger partial charge in [0.1, 0.15) is 5.69 Å². The number of hydrogen-bond donors (Lipinski definition) is 1. The fraction of sp³-hybridized carbons (Fsp3) is 0.182. The molecular weight excluding hydrogens is 256 g/mol. The van der Waals surface area contributed by atoms with Crippen molar-refractivity contribution in [2.75, 3.05) is 0 Å². The molecule has 94 valence electrons. The molecule has 0 spiro atoms. The molecule has 0 aromatic carbocycles. The second kappa shape index (κ2) is 5.01. The predicted octanol–water partition coefficient (Wildman–Crippen LogP) is 2.40. The van der Waals surface area contributed by atoms with Crippen molar-refractivity contribution in [3.05, 3.63) is 50.5 Å². The van der Waals surface area contributed by atoms with Gasteiger partial charge in [-0.25, -0.2) is 4.79 Å². The van der Waals surface area contributed by atoms with E-state index in [0.29, 0.717) is 13.0 Å². The Labute approximate surface area is 106 Å². The molecule has 0 radical (unpaired) electrons. The van der Waals surface area contributed by atoms with Crippen LogP contribution in [-0.2, 0) is 13.0 Å². The lowest BCUT2D eigenvalue weighted by atomic mass is 10.3. The number of carboxylic acid groups (broad SMARTS) is 1. The van der Waals surface area contributed by atoms with E-state index in [4.69, 9.17) is 5.11 Å². The molecule has 7 heteroatoms. The fourth-order valence-electron chi connectivity index (χ4n) is 1.64. The van der Waals surface area contributed by atoms with Gasteiger partial charge in [-0.05, 0) is 17.9 Å². The largest absolute Gasteiger partial charge is 0.477 e. The van der Waals surface area contributed by atoms with Crippen molar-refractivity contribution in [2.45, 2.75) is 13.0 Å². The number of nitro groups is 1. The number of carbonyl (C=O) groups is 1. The Morgan fingerprint density at radius 2 is 2.33 bits per heavy atom. The first-order chi connectivity index (χ1) is 8.58. The summed E-state index contributed by atoms with van der Waals surface area (Å²) in [6, 6.07) is 4.94. The third-order valence-corrected chi connectivity index (χ3v) is 3.43. The zero-order valence-corrected chi connectivity index (χ0v) is 10.1. The lowest BCUT2D eigenvalue weighted by molar-refractivity contribution is -0.384. The van der Waals surface area contributed by atoms with E-state index in [1.54, 1.807) is 11.3 Å². The number of carboxylic acids is 1. The highest BCUT2D eigenvalue weighted by Gasteiger charge is 2.18. The van der Waals surface area contributed by atoms with E-state index in [9.17, 15) is 14.9 Å². The number of nitrogens with zero attached hydrogens (tertiary/aromatic N) is 2. The summed E-state index contributed by atoms with van der Waals surface area (Å²) in [5, 5.41) is 21.5. The molecule has 2 aromatic rings. The maximum absolute atomic E-state index is 11.0. The van der Waals surface area contributed by atoms with Crippen molar-refractivity contribution in [1.82, 2.24) is 4.57 Å². The summed E-state index contributed by atoms with van der Waals surface area (Å²) in [4.78, 5) is 22.1. The molecule has 2 heterocycles. The molecule has 2 aromatic heterocycles. The van der Waals surface area contributed by atoms with Gasteiger partial charge in [-0.3, -0.25) is 10.1 Å². The van der Waals surface area contributed by atoms with E-state index in [1.165, 1.54) is 10.8 Å². The maximum Gasteiger partial charge on any atom is 0.352 e. The van der Waals surface area contributed by atoms with Gasteiger partial charge < -0.3 is 9.67 Å². The SMILES string of the molecule is O=C(O)c1cc([N+](=O)[O-])cn1CCc1cccs1. The van der Waals surface area contributed by atoms with E-state index in [-0.39, 0.29) is 11.4 Å². The third kappa shape index (κ3) is 2.57. The smallest absolute Gasteiger partial charge is 0.352 e. The van der Waals surface area contributed by atoms with Crippen molar-refractivity contribution in [3.8, 4) is 0 Å². The second-order valence-corrected chi connectivity index (χ2v) is 4.70. The summed E-state index contributed by atoms with van der Waals surface area (Å²) in [6.07, 6.45) is 1.92. The molecule has 0 aliphatic carbocycles. The Morgan fingerprint density at radius 3 is 2.89 bits per heavy atom. The lowest BCUT2D eigenvalue weighted by Gasteiger charge is -2.03. The maximum atomic E-state index is 11.0. The van der Waals surface area contributed by atoms with Gasteiger partial charge in [0.25, 0.3) is 5.69 Å². The predicted molar refractivity (Wildman–Crippen MR) is 66.1 cm³/mol. The van der Waals surface area contributed by atoms with Crippen LogP contribution in [0.2, 0.25) is 0 Å². The van der Waals surface area contributed by atoms with Crippen molar-refractivity contribution in [2.24, 2.45) is 0 Å². The Morgan fingerprint density at radius 1 is 1.56 bits per heavy atom. The first kappa shape index (κ1) is 12.3. The van der Waals surface area contributed by atoms with Crippen molar-refractivity contribution in [3.63, 3.8) is 0 Å². The van der Waals surface area contributed by atoms with Crippen LogP contribution in [-0.4, -0.2) is 20.6 Å². The van der Waals surface area contributed by atoms with Crippen LogP contribution in [0.15, 0.2) is 29.8 Å². The quantitative estimate of drug-likeness (QED) is 0.665. The molecule has 2 rings (SSSR count). The van der Waals surface area contributed by atoms with Gasteiger partial charge in [0.15, 0.2) is 0 Å². The topological polar surface area (TPSA) is 85.4 Å². The zero-order chi connectivity index (χ0) is 13.1. The highest BCUT2D eigenvalue weighted by molar-refractivity contribution is 7.09. The minimum atomic E-state index is -1.16. The zero-order valence-electron chi connectivity index (χ0n) is 9.28. The molecular formula is C11H10N2O4S. The number of aromatic carboxylic acids is 1. The molecule has 0 fully saturated rings. The fourth-order valence-corrected chi connectivity index (χ4v) is 2.34. The minimum Gasteiger partial charge on any atom is -0.477 e. The molecule has 1 N–H and O–H groups in total. The average Bonchev–Trinajstić information content (AvgIpc) is 2.95. The van der Waals surface area contributed by atoms with Crippen LogP contribution in [0.25, 0.3) is 0 Å². The van der Waals surface area contributed by atoms with E-state index in [2.05, 4.69) is 0 Å². The number of rotatable bonds is 5. The van der Waals surface area contributed by atoms with Gasteiger partial charge in [-0.1, -0.05) is 6.07 Å². The standard InChI is InChI=1S/C11H10N2O4S/c14-11(15)10-6-8(13(16)17)7-12(10)4-3-9-2-1-5-18-9/h1-2,5-7H,3-4H2,(H,14,15). The summed E-state index contributed by atoms with van der Waals surface area (Å²) >= 11 is 1.57. The molecule has 0 bridgehead atoms. The number of hydrogen-bond acceptors (Lipinski definition) is 4. The number of thiophene rings is 1. The molecule has 0 aliphatic rings. The number of aromatic nitrogens is 1. The Balaban J connectivity index is 2.20. The second-order valence-electron chi connectivity index (χ2n) is 3.67. The molecule has 0 saturated carbocycles. The monoisotopic (exact) mass is 266 g/mol. The normalized spacial score (nSPS) is 10.4. The van der Waals surface area contributed by atoms with Gasteiger partial charge in [-0.15, -0.1) is 11.3 Å². The molecule has 0 amide bonds. The average molecular weight is 266 g/mol. The Hall–Kier alpha value is -2.15. The van der Waals surface area contributed by atoms with Crippen LogP contribution < -0.4 is 0 Å². The highest BCUT2D eigenvalue weighted by atomic mass is 32.1. The van der Waals surface area contributed by atoms with Crippen LogP contribution in [0, 0.1) is 10.1 Å². The lowest BCUT2D eigenvalue weighted by Crippen LogP contribution is -2.08. The number of aryl methyl sites for hydroxylation is 2. The first-order valence-electron chi connectivity index (χ1n) is 5.18. The van der Waals surface area contributed by atoms with Crippen LogP contribution in [0.3, 0.4) is 0 Å². The molecule has 0 atom stereocenters. The summed E-state index contributed by atoms with van der Waals surface area (Å²) in [7, 11) is 0. The summed E-state index contributed by atoms with van der Waals surface area (Å²) in [5.74, 6) is -1.16. The van der Waals surface area contributed by atoms with Gasteiger partial charge in [0.05, 0.1) is 11.1 Å². The van der Waals surface area contributed by atoms with E-state index < -0.39 is 10.9 Å².